The highest BCUT2D eigenvalue weighted by Gasteiger charge is 2.30. The van der Waals surface area contributed by atoms with Gasteiger partial charge in [-0.3, -0.25) is 9.69 Å². The molecule has 18 heavy (non-hydrogen) atoms. The predicted molar refractivity (Wildman–Crippen MR) is 66.6 cm³/mol. The van der Waals surface area contributed by atoms with Gasteiger partial charge in [0.25, 0.3) is 0 Å². The molecular formula is C11H15N3O3S. The van der Waals surface area contributed by atoms with Crippen molar-refractivity contribution in [1.29, 1.82) is 0 Å². The second-order valence-corrected chi connectivity index (χ2v) is 5.05. The van der Waals surface area contributed by atoms with Crippen LogP contribution in [0.1, 0.15) is 28.3 Å². The molecule has 0 radical (unpaired) electrons. The van der Waals surface area contributed by atoms with Crippen LogP contribution in [0.2, 0.25) is 0 Å². The maximum Gasteiger partial charge on any atom is 0.365 e. The molecule has 1 amide bonds. The number of hydrogen-bond donors (Lipinski definition) is 2. The molecule has 0 saturated carbocycles. The number of nitrogens with zero attached hydrogens (tertiary/aromatic N) is 2. The average molecular weight is 269 g/mol. The summed E-state index contributed by atoms with van der Waals surface area (Å²) in [5.74, 6) is -0.989. The fourth-order valence-electron chi connectivity index (χ4n) is 2.16. The Labute approximate surface area is 109 Å². The van der Waals surface area contributed by atoms with E-state index in [1.807, 2.05) is 4.90 Å². The van der Waals surface area contributed by atoms with Crippen LogP contribution >= 0.6 is 11.3 Å². The van der Waals surface area contributed by atoms with Crippen LogP contribution in [-0.2, 0) is 11.3 Å². The molecule has 1 saturated heterocycles. The average Bonchev–Trinajstić information content (AvgIpc) is 2.97. The number of carboxylic acids is 1. The van der Waals surface area contributed by atoms with Gasteiger partial charge < -0.3 is 10.4 Å². The molecule has 1 aromatic heterocycles. The monoisotopic (exact) mass is 269 g/mol. The Balaban J connectivity index is 2.03. The summed E-state index contributed by atoms with van der Waals surface area (Å²) < 4.78 is 0. The van der Waals surface area contributed by atoms with Crippen molar-refractivity contribution in [3.8, 4) is 0 Å². The van der Waals surface area contributed by atoms with Gasteiger partial charge >= 0.3 is 5.97 Å². The van der Waals surface area contributed by atoms with Crippen molar-refractivity contribution in [1.82, 2.24) is 15.2 Å². The zero-order chi connectivity index (χ0) is 13.1. The van der Waals surface area contributed by atoms with Crippen molar-refractivity contribution in [2.75, 3.05) is 13.6 Å². The number of thiazole rings is 1. The lowest BCUT2D eigenvalue weighted by Gasteiger charge is -2.21. The van der Waals surface area contributed by atoms with Gasteiger partial charge in [0.1, 0.15) is 0 Å². The Kier molecular flexibility index (Phi) is 3.93. The van der Waals surface area contributed by atoms with E-state index in [4.69, 9.17) is 5.11 Å². The van der Waals surface area contributed by atoms with Crippen LogP contribution in [0, 0.1) is 0 Å². The molecule has 2 heterocycles. The maximum atomic E-state index is 11.7. The molecule has 1 aliphatic heterocycles. The van der Waals surface area contributed by atoms with Gasteiger partial charge in [0.2, 0.25) is 10.9 Å². The standard InChI is InChI=1S/C11H15N3O3S/c1-12-9(15)8-3-2-4-14(8)5-7-6-18-10(13-7)11(16)17/h6,8H,2-5H2,1H3,(H,12,15)(H,16,17). The first-order chi connectivity index (χ1) is 8.61. The van der Waals surface area contributed by atoms with E-state index in [9.17, 15) is 9.59 Å². The lowest BCUT2D eigenvalue weighted by molar-refractivity contribution is -0.125. The molecule has 6 nitrogen and oxygen atoms in total. The van der Waals surface area contributed by atoms with Gasteiger partial charge in [-0.2, -0.15) is 0 Å². The van der Waals surface area contributed by atoms with Crippen molar-refractivity contribution in [3.63, 3.8) is 0 Å². The molecule has 2 rings (SSSR count). The van der Waals surface area contributed by atoms with Gasteiger partial charge in [-0.25, -0.2) is 9.78 Å². The zero-order valence-corrected chi connectivity index (χ0v) is 10.9. The minimum Gasteiger partial charge on any atom is -0.476 e. The summed E-state index contributed by atoms with van der Waals surface area (Å²) in [7, 11) is 1.63. The highest BCUT2D eigenvalue weighted by molar-refractivity contribution is 7.11. The predicted octanol–water partition coefficient (Wildman–Crippen LogP) is 0.552. The summed E-state index contributed by atoms with van der Waals surface area (Å²) in [6.45, 7) is 1.37. The van der Waals surface area contributed by atoms with Crippen LogP contribution in [0.5, 0.6) is 0 Å². The first-order valence-corrected chi connectivity index (χ1v) is 6.63. The maximum absolute atomic E-state index is 11.7. The van der Waals surface area contributed by atoms with Crippen LogP contribution in [0.15, 0.2) is 5.38 Å². The molecule has 1 unspecified atom stereocenters. The first kappa shape index (κ1) is 13.0. The third kappa shape index (κ3) is 2.68. The Morgan fingerprint density at radius 3 is 3.06 bits per heavy atom. The minimum absolute atomic E-state index is 0.0150. The van der Waals surface area contributed by atoms with Crippen LogP contribution < -0.4 is 5.32 Å². The number of carboxylic acid groups (broad SMARTS) is 1. The van der Waals surface area contributed by atoms with Crippen molar-refractivity contribution in [3.05, 3.63) is 16.1 Å². The van der Waals surface area contributed by atoms with Gasteiger partial charge in [0, 0.05) is 19.0 Å². The zero-order valence-electron chi connectivity index (χ0n) is 10.0. The number of nitrogens with one attached hydrogen (secondary N) is 1. The summed E-state index contributed by atoms with van der Waals surface area (Å²) in [5, 5.41) is 13.3. The minimum atomic E-state index is -1.00. The van der Waals surface area contributed by atoms with Crippen LogP contribution in [0.4, 0.5) is 0 Å². The molecule has 1 atom stereocenters. The van der Waals surface area contributed by atoms with Gasteiger partial charge in [-0.05, 0) is 19.4 Å². The topological polar surface area (TPSA) is 82.5 Å². The molecule has 0 spiro atoms. The summed E-state index contributed by atoms with van der Waals surface area (Å²) in [6, 6.07) is -0.120. The van der Waals surface area contributed by atoms with Crippen LogP contribution in [-0.4, -0.2) is 46.5 Å². The first-order valence-electron chi connectivity index (χ1n) is 5.75. The van der Waals surface area contributed by atoms with E-state index in [1.165, 1.54) is 0 Å². The Bertz CT molecular complexity index is 460. The molecule has 7 heteroatoms. The molecule has 0 bridgehead atoms. The largest absolute Gasteiger partial charge is 0.476 e. The highest BCUT2D eigenvalue weighted by Crippen LogP contribution is 2.21. The molecule has 0 aliphatic carbocycles. The third-order valence-corrected chi connectivity index (χ3v) is 3.89. The van der Waals surface area contributed by atoms with Crippen LogP contribution in [0.25, 0.3) is 0 Å². The second-order valence-electron chi connectivity index (χ2n) is 4.19. The molecule has 1 aromatic rings. The van der Waals surface area contributed by atoms with Crippen molar-refractivity contribution < 1.29 is 14.7 Å². The van der Waals surface area contributed by atoms with Gasteiger partial charge in [0.15, 0.2) is 0 Å². The van der Waals surface area contributed by atoms with E-state index in [-0.39, 0.29) is 17.0 Å². The third-order valence-electron chi connectivity index (χ3n) is 3.01. The van der Waals surface area contributed by atoms with E-state index in [0.29, 0.717) is 12.2 Å². The van der Waals surface area contributed by atoms with Crippen molar-refractivity contribution in [2.24, 2.45) is 0 Å². The smallest absolute Gasteiger partial charge is 0.365 e. The van der Waals surface area contributed by atoms with E-state index in [1.54, 1.807) is 12.4 Å². The number of rotatable bonds is 4. The molecule has 98 valence electrons. The van der Waals surface area contributed by atoms with Gasteiger partial charge in [-0.1, -0.05) is 0 Å². The lowest BCUT2D eigenvalue weighted by Crippen LogP contribution is -2.41. The quantitative estimate of drug-likeness (QED) is 0.834. The van der Waals surface area contributed by atoms with E-state index >= 15 is 0 Å². The molecule has 2 N–H and O–H groups in total. The number of carbonyl (C=O) groups excluding carboxylic acids is 1. The number of hydrogen-bond acceptors (Lipinski definition) is 5. The van der Waals surface area contributed by atoms with Crippen molar-refractivity contribution >= 4 is 23.2 Å². The summed E-state index contributed by atoms with van der Waals surface area (Å²) in [6.07, 6.45) is 1.82. The number of aromatic carboxylic acids is 1. The number of likely N-dealkylation sites (N-methyl/N-ethyl adjacent to an activating group) is 1. The van der Waals surface area contributed by atoms with E-state index in [0.717, 1.165) is 30.7 Å². The Morgan fingerprint density at radius 2 is 2.44 bits per heavy atom. The highest BCUT2D eigenvalue weighted by atomic mass is 32.1. The van der Waals surface area contributed by atoms with Crippen LogP contribution in [0.3, 0.4) is 0 Å². The molecular weight excluding hydrogens is 254 g/mol. The van der Waals surface area contributed by atoms with E-state index < -0.39 is 5.97 Å². The number of aromatic nitrogens is 1. The fraction of sp³-hybridized carbons (Fsp3) is 0.545. The molecule has 1 aliphatic rings. The number of amides is 1. The lowest BCUT2D eigenvalue weighted by atomic mass is 10.2. The number of likely N-dealkylation sites (tertiary alicyclic amines) is 1. The van der Waals surface area contributed by atoms with E-state index in [2.05, 4.69) is 10.3 Å². The Hall–Kier alpha value is -1.47. The normalized spacial score (nSPS) is 19.9. The second kappa shape index (κ2) is 5.45. The molecule has 1 fully saturated rings. The molecule has 0 aromatic carbocycles. The van der Waals surface area contributed by atoms with Crippen molar-refractivity contribution in [2.45, 2.75) is 25.4 Å². The summed E-state index contributed by atoms with van der Waals surface area (Å²) >= 11 is 1.12. The Morgan fingerprint density at radius 1 is 1.67 bits per heavy atom. The van der Waals surface area contributed by atoms with Gasteiger partial charge in [-0.15, -0.1) is 11.3 Å². The number of carbonyl (C=O) groups is 2. The SMILES string of the molecule is CNC(=O)C1CCCN1Cc1csc(C(=O)O)n1. The summed E-state index contributed by atoms with van der Waals surface area (Å²) in [4.78, 5) is 28.5. The fourth-order valence-corrected chi connectivity index (χ4v) is 2.81. The summed E-state index contributed by atoms with van der Waals surface area (Å²) in [5.41, 5.74) is 0.716. The van der Waals surface area contributed by atoms with Gasteiger partial charge in [0.05, 0.1) is 11.7 Å².